The Morgan fingerprint density at radius 1 is 0.923 bits per heavy atom. The standard InChI is InChI=1S/C8H15BF3.K/c1-6-3-7(2)5-8(4-6)9(10,11)12;/h6-8H,3-5H2,1-2H3;/q-1;+1. The molecule has 1 saturated carbocycles. The summed E-state index contributed by atoms with van der Waals surface area (Å²) in [5, 5.41) is 0. The van der Waals surface area contributed by atoms with Crippen LogP contribution in [0.2, 0.25) is 5.82 Å². The Morgan fingerprint density at radius 3 is 1.62 bits per heavy atom. The smallest absolute Gasteiger partial charge is 0.449 e. The molecule has 1 aliphatic rings. The van der Waals surface area contributed by atoms with E-state index < -0.39 is 12.8 Å². The predicted octanol–water partition coefficient (Wildman–Crippen LogP) is 0.664. The molecule has 72 valence electrons. The van der Waals surface area contributed by atoms with Gasteiger partial charge < -0.3 is 12.9 Å². The maximum Gasteiger partial charge on any atom is 1.00 e. The number of hydrogen-bond acceptors (Lipinski definition) is 0. The summed E-state index contributed by atoms with van der Waals surface area (Å²) >= 11 is 0. The molecule has 0 spiro atoms. The van der Waals surface area contributed by atoms with Gasteiger partial charge in [-0.3, -0.25) is 0 Å². The molecule has 0 aromatic rings. The molecule has 0 aromatic carbocycles. The van der Waals surface area contributed by atoms with Crippen molar-refractivity contribution in [1.82, 2.24) is 0 Å². The zero-order valence-electron chi connectivity index (χ0n) is 8.56. The van der Waals surface area contributed by atoms with Gasteiger partial charge in [-0.2, -0.15) is 0 Å². The number of rotatable bonds is 1. The number of hydrogen-bond donors (Lipinski definition) is 0. The first kappa shape index (κ1) is 14.5. The van der Waals surface area contributed by atoms with E-state index >= 15 is 0 Å². The Labute approximate surface area is 121 Å². The van der Waals surface area contributed by atoms with Crippen LogP contribution in [0.5, 0.6) is 0 Å². The Balaban J connectivity index is 0.00000144. The van der Waals surface area contributed by atoms with Crippen LogP contribution in [0.1, 0.15) is 33.1 Å². The Hall–Kier alpha value is 1.49. The monoisotopic (exact) mass is 218 g/mol. The van der Waals surface area contributed by atoms with Gasteiger partial charge in [0.15, 0.2) is 0 Å². The second kappa shape index (κ2) is 5.54. The summed E-state index contributed by atoms with van der Waals surface area (Å²) in [7, 11) is 0. The third-order valence-corrected chi connectivity index (χ3v) is 2.75. The van der Waals surface area contributed by atoms with Crippen molar-refractivity contribution >= 4 is 6.98 Å². The van der Waals surface area contributed by atoms with Gasteiger partial charge in [0.2, 0.25) is 0 Å². The summed E-state index contributed by atoms with van der Waals surface area (Å²) in [5.74, 6) is -0.478. The van der Waals surface area contributed by atoms with Gasteiger partial charge in [0, 0.05) is 0 Å². The van der Waals surface area contributed by atoms with Crippen molar-refractivity contribution in [2.24, 2.45) is 11.8 Å². The summed E-state index contributed by atoms with van der Waals surface area (Å²) in [5.41, 5.74) is 0. The topological polar surface area (TPSA) is 0 Å². The Bertz CT molecular complexity index is 150. The second-order valence-electron chi connectivity index (χ2n) is 4.30. The van der Waals surface area contributed by atoms with E-state index in [4.69, 9.17) is 0 Å². The van der Waals surface area contributed by atoms with Crippen LogP contribution in [0, 0.1) is 11.8 Å². The quantitative estimate of drug-likeness (QED) is 0.567. The van der Waals surface area contributed by atoms with Gasteiger partial charge in [-0.25, -0.2) is 0 Å². The molecular weight excluding hydrogens is 203 g/mol. The minimum Gasteiger partial charge on any atom is -0.449 e. The molecule has 0 heterocycles. The van der Waals surface area contributed by atoms with Gasteiger partial charge >= 0.3 is 58.4 Å². The van der Waals surface area contributed by atoms with E-state index in [9.17, 15) is 12.9 Å². The maximum absolute atomic E-state index is 12.4. The van der Waals surface area contributed by atoms with E-state index in [1.165, 1.54) is 0 Å². The van der Waals surface area contributed by atoms with Crippen molar-refractivity contribution in [2.75, 3.05) is 0 Å². The van der Waals surface area contributed by atoms with E-state index in [2.05, 4.69) is 0 Å². The molecular formula is C8H15BF3K. The molecule has 1 rings (SSSR count). The largest absolute Gasteiger partial charge is 1.00 e. The van der Waals surface area contributed by atoms with Crippen LogP contribution < -0.4 is 51.4 Å². The van der Waals surface area contributed by atoms with E-state index in [0.717, 1.165) is 6.42 Å². The second-order valence-corrected chi connectivity index (χ2v) is 4.30. The number of halogens is 3. The molecule has 2 atom stereocenters. The first-order valence-corrected chi connectivity index (χ1v) is 4.59. The van der Waals surface area contributed by atoms with Crippen molar-refractivity contribution in [1.29, 1.82) is 0 Å². The van der Waals surface area contributed by atoms with Gasteiger partial charge in [-0.15, -0.1) is 0 Å². The molecule has 13 heavy (non-hydrogen) atoms. The summed E-state index contributed by atoms with van der Waals surface area (Å²) in [6.45, 7) is -0.744. The molecule has 2 unspecified atom stereocenters. The minimum atomic E-state index is -4.59. The van der Waals surface area contributed by atoms with Crippen molar-refractivity contribution in [3.8, 4) is 0 Å². The van der Waals surface area contributed by atoms with Crippen molar-refractivity contribution in [3.63, 3.8) is 0 Å². The van der Waals surface area contributed by atoms with Crippen molar-refractivity contribution in [3.05, 3.63) is 0 Å². The first-order valence-electron chi connectivity index (χ1n) is 4.59. The summed E-state index contributed by atoms with van der Waals surface area (Å²) < 4.78 is 37.1. The molecule has 1 aliphatic carbocycles. The van der Waals surface area contributed by atoms with Crippen LogP contribution in [0.15, 0.2) is 0 Å². The molecule has 0 nitrogen and oxygen atoms in total. The van der Waals surface area contributed by atoms with E-state index in [-0.39, 0.29) is 63.2 Å². The predicted molar refractivity (Wildman–Crippen MR) is 45.0 cm³/mol. The maximum atomic E-state index is 12.4. The fourth-order valence-corrected chi connectivity index (χ4v) is 2.32. The fraction of sp³-hybridized carbons (Fsp3) is 1.00. The molecule has 5 heteroatoms. The summed E-state index contributed by atoms with van der Waals surface area (Å²) in [6.07, 6.45) is 1.67. The molecule has 0 aliphatic heterocycles. The zero-order valence-corrected chi connectivity index (χ0v) is 11.7. The van der Waals surface area contributed by atoms with Crippen molar-refractivity contribution < 1.29 is 64.3 Å². The van der Waals surface area contributed by atoms with Crippen LogP contribution in [-0.4, -0.2) is 6.98 Å². The Morgan fingerprint density at radius 2 is 1.31 bits per heavy atom. The van der Waals surface area contributed by atoms with Crippen molar-refractivity contribution in [2.45, 2.75) is 38.9 Å². The van der Waals surface area contributed by atoms with Crippen LogP contribution >= 0.6 is 0 Å². The van der Waals surface area contributed by atoms with Gasteiger partial charge in [0.1, 0.15) is 0 Å². The van der Waals surface area contributed by atoms with Crippen LogP contribution in [-0.2, 0) is 0 Å². The molecule has 0 amide bonds. The van der Waals surface area contributed by atoms with E-state index in [1.807, 2.05) is 13.8 Å². The molecule has 0 aromatic heterocycles. The molecule has 1 fully saturated rings. The van der Waals surface area contributed by atoms with Crippen LogP contribution in [0.3, 0.4) is 0 Å². The van der Waals surface area contributed by atoms with Gasteiger partial charge in [-0.05, 0) is 18.3 Å². The third-order valence-electron chi connectivity index (χ3n) is 2.75. The molecule has 0 N–H and O–H groups in total. The molecule has 0 radical (unpaired) electrons. The minimum absolute atomic E-state index is 0. The van der Waals surface area contributed by atoms with E-state index in [0.29, 0.717) is 12.8 Å². The summed E-state index contributed by atoms with van der Waals surface area (Å²) in [4.78, 5) is 0. The van der Waals surface area contributed by atoms with E-state index in [1.54, 1.807) is 0 Å². The normalized spacial score (nSPS) is 35.3. The van der Waals surface area contributed by atoms with Gasteiger partial charge in [0.05, 0.1) is 0 Å². The SMILES string of the molecule is CC1CC(C)CC([B-](F)(F)F)C1.[K+]. The van der Waals surface area contributed by atoms with Crippen LogP contribution in [0.4, 0.5) is 12.9 Å². The fourth-order valence-electron chi connectivity index (χ4n) is 2.32. The van der Waals surface area contributed by atoms with Gasteiger partial charge in [-0.1, -0.05) is 32.5 Å². The molecule has 0 bridgehead atoms. The Kier molecular flexibility index (Phi) is 6.18. The first-order chi connectivity index (χ1) is 5.39. The zero-order chi connectivity index (χ0) is 9.35. The molecule has 0 saturated heterocycles. The summed E-state index contributed by atoms with van der Waals surface area (Å²) in [6, 6.07) is 0. The van der Waals surface area contributed by atoms with Gasteiger partial charge in [0.25, 0.3) is 0 Å². The average Bonchev–Trinajstić information content (AvgIpc) is 1.82. The average molecular weight is 218 g/mol. The van der Waals surface area contributed by atoms with Crippen LogP contribution in [0.25, 0.3) is 0 Å². The third kappa shape index (κ3) is 4.69.